The van der Waals surface area contributed by atoms with E-state index in [-0.39, 0.29) is 39.3 Å². The maximum Gasteiger partial charge on any atom is 0.534 e. The van der Waals surface area contributed by atoms with Gasteiger partial charge < -0.3 is 9.50 Å². The van der Waals surface area contributed by atoms with Gasteiger partial charge in [0.05, 0.1) is 6.54 Å². The van der Waals surface area contributed by atoms with E-state index in [4.69, 9.17) is 0 Å². The second-order valence-electron chi connectivity index (χ2n) is 3.86. The van der Waals surface area contributed by atoms with Crippen molar-refractivity contribution in [3.8, 4) is 0 Å². The number of rotatable bonds is 1. The van der Waals surface area contributed by atoms with E-state index in [1.807, 2.05) is 0 Å². The van der Waals surface area contributed by atoms with Crippen LogP contribution in [0.5, 0.6) is 0 Å². The molecule has 0 N–H and O–H groups in total. The minimum absolute atomic E-state index is 0. The quantitative estimate of drug-likeness (QED) is 0.520. The zero-order valence-corrected chi connectivity index (χ0v) is 13.4. The number of aliphatic imine (C=N–C) groups is 1. The van der Waals surface area contributed by atoms with Crippen LogP contribution in [0.15, 0.2) is 16.1 Å². The van der Waals surface area contributed by atoms with Crippen LogP contribution in [0.3, 0.4) is 0 Å². The Morgan fingerprint density at radius 3 is 2.47 bits per heavy atom. The van der Waals surface area contributed by atoms with Gasteiger partial charge in [-0.3, -0.25) is 0 Å². The van der Waals surface area contributed by atoms with E-state index in [0.717, 1.165) is 5.57 Å². The Labute approximate surface area is 133 Å². The summed E-state index contributed by atoms with van der Waals surface area (Å²) in [5.74, 6) is -0.431. The van der Waals surface area contributed by atoms with Gasteiger partial charge in [0.1, 0.15) is 0 Å². The molecule has 2 aliphatic rings. The van der Waals surface area contributed by atoms with Crippen molar-refractivity contribution in [3.63, 3.8) is 0 Å². The van der Waals surface area contributed by atoms with Crippen LogP contribution in [0.25, 0.3) is 5.32 Å². The fraction of sp³-hybridized carbons (Fsp3) is 0.667. The van der Waals surface area contributed by atoms with E-state index in [2.05, 4.69) is 14.5 Å². The average Bonchev–Trinajstić information content (AvgIpc) is 2.48. The van der Waals surface area contributed by atoms with Crippen LogP contribution in [0.2, 0.25) is 0 Å². The van der Waals surface area contributed by atoms with Crippen LogP contribution in [0.1, 0.15) is 12.8 Å². The number of nitrogens with zero attached hydrogens (tertiary/aromatic N) is 2. The van der Waals surface area contributed by atoms with Crippen molar-refractivity contribution in [1.82, 2.24) is 0 Å². The summed E-state index contributed by atoms with van der Waals surface area (Å²) in [6.07, 6.45) is 0.944. The van der Waals surface area contributed by atoms with Crippen LogP contribution in [0.4, 0.5) is 13.2 Å². The summed E-state index contributed by atoms with van der Waals surface area (Å²) in [5.41, 5.74) is -4.18. The van der Waals surface area contributed by atoms with Gasteiger partial charge in [0.15, 0.2) is 0 Å². The van der Waals surface area contributed by atoms with Gasteiger partial charge in [-0.05, 0) is 18.4 Å². The topological polar surface area (TPSA) is 69.8 Å². The van der Waals surface area contributed by atoms with Crippen molar-refractivity contribution in [1.29, 1.82) is 0 Å². The van der Waals surface area contributed by atoms with Crippen LogP contribution < -0.4 is 0 Å². The third kappa shape index (κ3) is 3.77. The molecule has 19 heavy (non-hydrogen) atoms. The van der Waals surface area contributed by atoms with E-state index in [9.17, 15) is 21.6 Å². The van der Waals surface area contributed by atoms with Gasteiger partial charge in [0, 0.05) is 38.3 Å². The summed E-state index contributed by atoms with van der Waals surface area (Å²) in [4.78, 5) is 3.72. The number of hydrogen-bond acceptors (Lipinski definition) is 4. The number of hydrogen-bond donors (Lipinski definition) is 0. The number of halogens is 3. The molecule has 1 radical (unpaired) electrons. The van der Waals surface area contributed by atoms with E-state index < -0.39 is 21.5 Å². The van der Waals surface area contributed by atoms with E-state index >= 15 is 0 Å². The third-order valence-electron chi connectivity index (χ3n) is 2.66. The molecule has 2 heterocycles. The Morgan fingerprint density at radius 2 is 1.84 bits per heavy atom. The maximum atomic E-state index is 12.2. The number of alkyl halides is 3. The molecule has 105 valence electrons. The van der Waals surface area contributed by atoms with Gasteiger partial charge in [0.2, 0.25) is 5.90 Å². The second-order valence-corrected chi connectivity index (χ2v) is 5.40. The molecule has 0 aromatic heterocycles. The van der Waals surface area contributed by atoms with Crippen molar-refractivity contribution in [2.75, 3.05) is 19.6 Å². The monoisotopic (exact) mass is 372 g/mol. The summed E-state index contributed by atoms with van der Waals surface area (Å²) in [6.45, 7) is 1.20. The molecule has 0 saturated carbocycles. The summed E-state index contributed by atoms with van der Waals surface area (Å²) in [6, 6.07) is 0. The van der Waals surface area contributed by atoms with Gasteiger partial charge in [-0.1, -0.05) is 0 Å². The SMILES string of the molecule is O=S(=O)(OC1=NCC2=C1CC[N-]CC2)C(F)(F)F.[Y]. The molecular formula is C9H10F3N2O3SY-. The molecule has 0 saturated heterocycles. The minimum Gasteiger partial charge on any atom is -0.662 e. The average molecular weight is 372 g/mol. The molecule has 0 spiro atoms. The largest absolute Gasteiger partial charge is 0.662 e. The van der Waals surface area contributed by atoms with Gasteiger partial charge >= 0.3 is 15.6 Å². The van der Waals surface area contributed by atoms with E-state index in [1.165, 1.54) is 0 Å². The fourth-order valence-electron chi connectivity index (χ4n) is 1.77. The molecule has 0 unspecified atom stereocenters. The zero-order chi connectivity index (χ0) is 13.4. The standard InChI is InChI=1S/C9H10F3N2O3S.Y/c10-9(11,12)18(15,16)17-8-7-2-4-13-3-1-6(7)5-14-8;/h1-5H2;/q-1;. The first-order valence-corrected chi connectivity index (χ1v) is 6.62. The first-order valence-electron chi connectivity index (χ1n) is 5.21. The van der Waals surface area contributed by atoms with Crippen LogP contribution in [0, 0.1) is 0 Å². The Morgan fingerprint density at radius 1 is 1.21 bits per heavy atom. The van der Waals surface area contributed by atoms with Crippen molar-refractivity contribution in [2.45, 2.75) is 18.3 Å². The fourth-order valence-corrected chi connectivity index (χ4v) is 2.22. The van der Waals surface area contributed by atoms with E-state index in [0.29, 0.717) is 31.5 Å². The Hall–Kier alpha value is 0.0139. The molecule has 0 aliphatic carbocycles. The van der Waals surface area contributed by atoms with Gasteiger partial charge in [-0.15, -0.1) is 13.1 Å². The molecule has 2 aliphatic heterocycles. The normalized spacial score (nSPS) is 20.3. The predicted molar refractivity (Wildman–Crippen MR) is 57.7 cm³/mol. The van der Waals surface area contributed by atoms with Crippen molar-refractivity contribution < 1.29 is 58.5 Å². The van der Waals surface area contributed by atoms with Crippen LogP contribution in [-0.4, -0.2) is 39.5 Å². The maximum absolute atomic E-state index is 12.2. The van der Waals surface area contributed by atoms with Gasteiger partial charge in [-0.25, -0.2) is 4.99 Å². The van der Waals surface area contributed by atoms with E-state index in [1.54, 1.807) is 0 Å². The van der Waals surface area contributed by atoms with Crippen LogP contribution in [-0.2, 0) is 47.0 Å². The zero-order valence-electron chi connectivity index (χ0n) is 9.77. The Kier molecular flexibility index (Phi) is 5.56. The predicted octanol–water partition coefficient (Wildman–Crippen LogP) is 1.73. The molecule has 0 aromatic rings. The Balaban J connectivity index is 0.00000180. The molecule has 2 rings (SSSR count). The first kappa shape index (κ1) is 17.1. The molecule has 0 atom stereocenters. The molecule has 0 amide bonds. The summed E-state index contributed by atoms with van der Waals surface area (Å²) < 4.78 is 62.4. The van der Waals surface area contributed by atoms with Crippen molar-refractivity contribution >= 4 is 16.0 Å². The molecule has 0 aromatic carbocycles. The summed E-state index contributed by atoms with van der Waals surface area (Å²) >= 11 is 0. The molecule has 0 bridgehead atoms. The molecular weight excluding hydrogens is 362 g/mol. The molecule has 10 heteroatoms. The summed E-state index contributed by atoms with van der Waals surface area (Å²) in [5, 5.41) is 4.11. The van der Waals surface area contributed by atoms with Crippen LogP contribution >= 0.6 is 0 Å². The third-order valence-corrected chi connectivity index (χ3v) is 3.61. The van der Waals surface area contributed by atoms with Crippen molar-refractivity contribution in [3.05, 3.63) is 16.5 Å². The van der Waals surface area contributed by atoms with Gasteiger partial charge in [0.25, 0.3) is 0 Å². The summed E-state index contributed by atoms with van der Waals surface area (Å²) in [7, 11) is -5.64. The minimum atomic E-state index is -5.64. The van der Waals surface area contributed by atoms with Crippen molar-refractivity contribution in [2.24, 2.45) is 4.99 Å². The smallest absolute Gasteiger partial charge is 0.534 e. The second kappa shape index (κ2) is 6.19. The first-order chi connectivity index (χ1) is 8.31. The molecule has 0 fully saturated rings. The Bertz CT molecular complexity index is 513. The molecule has 5 nitrogen and oxygen atoms in total. The van der Waals surface area contributed by atoms with Gasteiger partial charge in [-0.2, -0.15) is 21.6 Å².